The molecule has 166 valence electrons. The highest BCUT2D eigenvalue weighted by Crippen LogP contribution is 2.27. The molecule has 1 N–H and O–H groups in total. The van der Waals surface area contributed by atoms with Gasteiger partial charge in [-0.15, -0.1) is 0 Å². The highest BCUT2D eigenvalue weighted by atomic mass is 15.3. The van der Waals surface area contributed by atoms with E-state index in [1.54, 1.807) is 0 Å². The van der Waals surface area contributed by atoms with Crippen molar-refractivity contribution in [2.24, 2.45) is 5.92 Å². The van der Waals surface area contributed by atoms with E-state index >= 15 is 0 Å². The lowest BCUT2D eigenvalue weighted by molar-refractivity contribution is 0.0714. The molecule has 3 heteroatoms. The van der Waals surface area contributed by atoms with E-state index in [-0.39, 0.29) is 0 Å². The maximum atomic E-state index is 3.49. The van der Waals surface area contributed by atoms with Crippen LogP contribution in [-0.2, 0) is 6.42 Å². The van der Waals surface area contributed by atoms with Crippen molar-refractivity contribution in [2.45, 2.75) is 83.6 Å². The van der Waals surface area contributed by atoms with Crippen LogP contribution in [0.2, 0.25) is 0 Å². The number of para-hydroxylation sites is 1. The second-order valence-electron chi connectivity index (χ2n) is 9.91. The number of rotatable bonds is 9. The van der Waals surface area contributed by atoms with E-state index in [4.69, 9.17) is 0 Å². The summed E-state index contributed by atoms with van der Waals surface area (Å²) in [6.45, 7) is 8.64. The molecule has 0 bridgehead atoms. The van der Waals surface area contributed by atoms with Gasteiger partial charge in [0, 0.05) is 42.8 Å². The summed E-state index contributed by atoms with van der Waals surface area (Å²) in [5, 5.41) is 1.42. The van der Waals surface area contributed by atoms with Crippen LogP contribution in [0.5, 0.6) is 0 Å². The number of hydrogen-bond acceptors (Lipinski definition) is 2. The van der Waals surface area contributed by atoms with Gasteiger partial charge in [-0.2, -0.15) is 0 Å². The normalized spacial score (nSPS) is 22.5. The minimum Gasteiger partial charge on any atom is -0.361 e. The first-order valence-corrected chi connectivity index (χ1v) is 12.8. The Balaban J connectivity index is 1.33. The summed E-state index contributed by atoms with van der Waals surface area (Å²) in [5.74, 6) is 1.01. The van der Waals surface area contributed by atoms with Gasteiger partial charge in [-0.1, -0.05) is 70.1 Å². The SMILES string of the molecule is CCCCN1CCN(CCCC2CCCCCC2)C[C@@H]1Cc1c[nH]c2ccccc12. The van der Waals surface area contributed by atoms with Crippen LogP contribution in [0.15, 0.2) is 30.5 Å². The lowest BCUT2D eigenvalue weighted by Crippen LogP contribution is -2.54. The third kappa shape index (κ3) is 5.88. The zero-order valence-corrected chi connectivity index (χ0v) is 19.2. The molecular weight excluding hydrogens is 366 g/mol. The minimum atomic E-state index is 0.655. The van der Waals surface area contributed by atoms with Crippen LogP contribution in [0.1, 0.15) is 76.7 Å². The molecule has 4 rings (SSSR count). The van der Waals surface area contributed by atoms with E-state index in [0.717, 1.165) is 5.92 Å². The molecule has 0 unspecified atom stereocenters. The lowest BCUT2D eigenvalue weighted by Gasteiger charge is -2.42. The van der Waals surface area contributed by atoms with Gasteiger partial charge in [0.15, 0.2) is 0 Å². The number of aromatic amines is 1. The minimum absolute atomic E-state index is 0.655. The molecule has 1 aliphatic carbocycles. The summed E-state index contributed by atoms with van der Waals surface area (Å²) in [6, 6.07) is 9.45. The maximum absolute atomic E-state index is 3.49. The average Bonchev–Trinajstić information content (AvgIpc) is 2.99. The molecule has 2 aromatic rings. The fourth-order valence-corrected chi connectivity index (χ4v) is 5.82. The number of fused-ring (bicyclic) bond motifs is 1. The van der Waals surface area contributed by atoms with Crippen LogP contribution >= 0.6 is 0 Å². The average molecular weight is 410 g/mol. The summed E-state index contributed by atoms with van der Waals surface area (Å²) in [7, 11) is 0. The van der Waals surface area contributed by atoms with Crippen LogP contribution in [-0.4, -0.2) is 53.5 Å². The number of H-pyrrole nitrogens is 1. The van der Waals surface area contributed by atoms with Crippen molar-refractivity contribution in [3.63, 3.8) is 0 Å². The summed E-state index contributed by atoms with van der Waals surface area (Å²) in [5.41, 5.74) is 2.78. The molecule has 1 saturated heterocycles. The Bertz CT molecular complexity index is 743. The number of benzene rings is 1. The predicted molar refractivity (Wildman–Crippen MR) is 129 cm³/mol. The Labute approximate surface area is 184 Å². The quantitative estimate of drug-likeness (QED) is 0.495. The van der Waals surface area contributed by atoms with Gasteiger partial charge >= 0.3 is 0 Å². The van der Waals surface area contributed by atoms with Crippen molar-refractivity contribution in [1.82, 2.24) is 14.8 Å². The molecule has 1 saturated carbocycles. The fraction of sp³-hybridized carbons (Fsp3) is 0.704. The molecule has 1 aliphatic heterocycles. The highest BCUT2D eigenvalue weighted by Gasteiger charge is 2.27. The molecule has 2 fully saturated rings. The summed E-state index contributed by atoms with van der Waals surface area (Å²) in [6.07, 6.45) is 17.8. The van der Waals surface area contributed by atoms with Crippen molar-refractivity contribution in [2.75, 3.05) is 32.7 Å². The Morgan fingerprint density at radius 2 is 1.80 bits per heavy atom. The zero-order chi connectivity index (χ0) is 20.6. The first-order chi connectivity index (χ1) is 14.8. The molecule has 0 radical (unpaired) electrons. The van der Waals surface area contributed by atoms with Crippen molar-refractivity contribution in [1.29, 1.82) is 0 Å². The molecule has 3 nitrogen and oxygen atoms in total. The Morgan fingerprint density at radius 1 is 0.967 bits per heavy atom. The lowest BCUT2D eigenvalue weighted by atomic mass is 9.94. The van der Waals surface area contributed by atoms with Gasteiger partial charge in [-0.05, 0) is 56.3 Å². The van der Waals surface area contributed by atoms with Crippen LogP contribution in [0.4, 0.5) is 0 Å². The molecule has 30 heavy (non-hydrogen) atoms. The summed E-state index contributed by atoms with van der Waals surface area (Å²) < 4.78 is 0. The maximum Gasteiger partial charge on any atom is 0.0456 e. The van der Waals surface area contributed by atoms with Crippen molar-refractivity contribution in [3.8, 4) is 0 Å². The number of aromatic nitrogens is 1. The standard InChI is InChI=1S/C27H43N3/c1-2-3-17-30-19-18-29(16-10-13-23-11-6-4-5-7-12-23)22-25(30)20-24-21-28-27-15-9-8-14-26(24)27/h8-9,14-15,21,23,25,28H,2-7,10-13,16-20,22H2,1H3/t25-/m0/s1. The first-order valence-electron chi connectivity index (χ1n) is 12.8. The number of hydrogen-bond donors (Lipinski definition) is 1. The van der Waals surface area contributed by atoms with E-state index < -0.39 is 0 Å². The monoisotopic (exact) mass is 409 g/mol. The van der Waals surface area contributed by atoms with Crippen LogP contribution < -0.4 is 0 Å². The van der Waals surface area contributed by atoms with Gasteiger partial charge in [0.2, 0.25) is 0 Å². The number of unbranched alkanes of at least 4 members (excludes halogenated alkanes) is 1. The van der Waals surface area contributed by atoms with Crippen LogP contribution in [0.3, 0.4) is 0 Å². The first kappa shape index (κ1) is 21.9. The van der Waals surface area contributed by atoms with Gasteiger partial charge in [0.05, 0.1) is 0 Å². The van der Waals surface area contributed by atoms with Gasteiger partial charge in [0.25, 0.3) is 0 Å². The van der Waals surface area contributed by atoms with Gasteiger partial charge in [0.1, 0.15) is 0 Å². The van der Waals surface area contributed by atoms with Crippen molar-refractivity contribution < 1.29 is 0 Å². The largest absolute Gasteiger partial charge is 0.361 e. The van der Waals surface area contributed by atoms with Crippen molar-refractivity contribution >= 4 is 10.9 Å². The Kier molecular flexibility index (Phi) is 8.28. The molecule has 2 aliphatic rings. The Hall–Kier alpha value is -1.32. The number of nitrogens with one attached hydrogen (secondary N) is 1. The van der Waals surface area contributed by atoms with E-state index in [9.17, 15) is 0 Å². The number of nitrogens with zero attached hydrogens (tertiary/aromatic N) is 2. The second kappa shape index (κ2) is 11.3. The number of piperazine rings is 1. The van der Waals surface area contributed by atoms with Crippen LogP contribution in [0.25, 0.3) is 10.9 Å². The third-order valence-electron chi connectivity index (χ3n) is 7.68. The molecule has 1 aromatic carbocycles. The highest BCUT2D eigenvalue weighted by molar-refractivity contribution is 5.83. The predicted octanol–water partition coefficient (Wildman–Crippen LogP) is 6.25. The molecule has 1 atom stereocenters. The van der Waals surface area contributed by atoms with Gasteiger partial charge in [-0.3, -0.25) is 4.90 Å². The molecule has 2 heterocycles. The molecule has 0 amide bonds. The summed E-state index contributed by atoms with van der Waals surface area (Å²) >= 11 is 0. The van der Waals surface area contributed by atoms with Crippen molar-refractivity contribution in [3.05, 3.63) is 36.0 Å². The van der Waals surface area contributed by atoms with Crippen LogP contribution in [0, 0.1) is 5.92 Å². The van der Waals surface area contributed by atoms with Gasteiger partial charge < -0.3 is 9.88 Å². The molecular formula is C27H43N3. The van der Waals surface area contributed by atoms with E-state index in [1.807, 2.05) is 0 Å². The van der Waals surface area contributed by atoms with E-state index in [0.29, 0.717) is 6.04 Å². The molecule has 0 spiro atoms. The Morgan fingerprint density at radius 3 is 2.63 bits per heavy atom. The smallest absolute Gasteiger partial charge is 0.0456 e. The second-order valence-corrected chi connectivity index (χ2v) is 9.91. The summed E-state index contributed by atoms with van der Waals surface area (Å²) in [4.78, 5) is 9.05. The zero-order valence-electron chi connectivity index (χ0n) is 19.2. The van der Waals surface area contributed by atoms with E-state index in [1.165, 1.54) is 120 Å². The fourth-order valence-electron chi connectivity index (χ4n) is 5.82. The van der Waals surface area contributed by atoms with E-state index in [2.05, 4.69) is 52.2 Å². The van der Waals surface area contributed by atoms with Gasteiger partial charge in [-0.25, -0.2) is 0 Å². The third-order valence-corrected chi connectivity index (χ3v) is 7.68. The topological polar surface area (TPSA) is 22.3 Å². The molecule has 1 aromatic heterocycles.